The van der Waals surface area contributed by atoms with E-state index in [0.717, 1.165) is 11.8 Å². The summed E-state index contributed by atoms with van der Waals surface area (Å²) in [5.74, 6) is -0.682. The van der Waals surface area contributed by atoms with Crippen LogP contribution in [0.25, 0.3) is 10.9 Å². The van der Waals surface area contributed by atoms with Gasteiger partial charge in [0.25, 0.3) is 0 Å². The lowest BCUT2D eigenvalue weighted by atomic mass is 10.0. The van der Waals surface area contributed by atoms with Crippen molar-refractivity contribution in [2.45, 2.75) is 19.8 Å². The maximum atomic E-state index is 12.3. The molecule has 3 N–H and O–H groups in total. The van der Waals surface area contributed by atoms with Crippen LogP contribution in [0.15, 0.2) is 30.5 Å². The van der Waals surface area contributed by atoms with Crippen LogP contribution in [0.1, 0.15) is 19.8 Å². The number of aromatic nitrogens is 1. The highest BCUT2D eigenvalue weighted by atomic mass is 35.5. The van der Waals surface area contributed by atoms with Gasteiger partial charge in [0, 0.05) is 11.6 Å². The number of halogens is 1. The predicted octanol–water partition coefficient (Wildman–Crippen LogP) is 3.53. The normalized spacial score (nSPS) is 12.1. The van der Waals surface area contributed by atoms with Crippen LogP contribution in [0.3, 0.4) is 0 Å². The quantitative estimate of drug-likeness (QED) is 0.827. The average Bonchev–Trinajstić information content (AvgIpc) is 2.47. The van der Waals surface area contributed by atoms with E-state index in [0.29, 0.717) is 22.6 Å². The van der Waals surface area contributed by atoms with Crippen LogP contribution < -0.4 is 11.1 Å². The van der Waals surface area contributed by atoms with E-state index in [9.17, 15) is 4.79 Å². The first-order valence-corrected chi connectivity index (χ1v) is 7.46. The third kappa shape index (κ3) is 3.49. The van der Waals surface area contributed by atoms with Crippen molar-refractivity contribution in [1.29, 1.82) is 0 Å². The highest BCUT2D eigenvalue weighted by molar-refractivity contribution is 7.80. The first-order chi connectivity index (χ1) is 10.0. The summed E-state index contributed by atoms with van der Waals surface area (Å²) in [5.41, 5.74) is 6.91. The van der Waals surface area contributed by atoms with Crippen molar-refractivity contribution in [2.75, 3.05) is 5.32 Å². The number of anilines is 1. The molecule has 1 atom stereocenters. The van der Waals surface area contributed by atoms with E-state index >= 15 is 0 Å². The van der Waals surface area contributed by atoms with Crippen LogP contribution in [0, 0.1) is 5.92 Å². The summed E-state index contributed by atoms with van der Waals surface area (Å²) in [4.78, 5) is 16.8. The second-order valence-electron chi connectivity index (χ2n) is 4.73. The number of pyridine rings is 1. The van der Waals surface area contributed by atoms with Crippen LogP contribution in [0.5, 0.6) is 0 Å². The summed E-state index contributed by atoms with van der Waals surface area (Å²) in [7, 11) is 0. The van der Waals surface area contributed by atoms with Crippen molar-refractivity contribution in [3.63, 3.8) is 0 Å². The molecule has 0 radical (unpaired) electrons. The molecule has 0 aliphatic carbocycles. The molecule has 0 saturated heterocycles. The molecule has 0 saturated carbocycles. The number of benzene rings is 1. The maximum absolute atomic E-state index is 12.3. The Morgan fingerprint density at radius 2 is 2.24 bits per heavy atom. The van der Waals surface area contributed by atoms with E-state index in [1.807, 2.05) is 13.0 Å². The molecule has 21 heavy (non-hydrogen) atoms. The highest BCUT2D eigenvalue weighted by Crippen LogP contribution is 2.28. The third-order valence-corrected chi connectivity index (χ3v) is 3.83. The number of nitrogens with two attached hydrogens (primary N) is 1. The zero-order valence-corrected chi connectivity index (χ0v) is 13.2. The first kappa shape index (κ1) is 15.7. The molecule has 0 spiro atoms. The van der Waals surface area contributed by atoms with Gasteiger partial charge in [0.15, 0.2) is 0 Å². The Balaban J connectivity index is 2.33. The summed E-state index contributed by atoms with van der Waals surface area (Å²) in [6, 6.07) is 7.13. The third-order valence-electron chi connectivity index (χ3n) is 3.21. The van der Waals surface area contributed by atoms with Gasteiger partial charge in [-0.05, 0) is 30.7 Å². The highest BCUT2D eigenvalue weighted by Gasteiger charge is 2.21. The number of carbonyl (C=O) groups is 1. The fraction of sp³-hybridized carbons (Fsp3) is 0.267. The number of hydrogen-bond donors (Lipinski definition) is 2. The zero-order valence-electron chi connectivity index (χ0n) is 11.6. The molecule has 0 fully saturated rings. The van der Waals surface area contributed by atoms with Crippen molar-refractivity contribution in [2.24, 2.45) is 11.7 Å². The van der Waals surface area contributed by atoms with Gasteiger partial charge in [0.1, 0.15) is 0 Å². The monoisotopic (exact) mass is 321 g/mol. The Labute approximate surface area is 133 Å². The van der Waals surface area contributed by atoms with Crippen molar-refractivity contribution >= 4 is 51.3 Å². The number of thiocarbonyl (C=S) groups is 1. The van der Waals surface area contributed by atoms with E-state index in [2.05, 4.69) is 10.3 Å². The van der Waals surface area contributed by atoms with Gasteiger partial charge >= 0.3 is 0 Å². The van der Waals surface area contributed by atoms with Crippen LogP contribution >= 0.6 is 23.8 Å². The van der Waals surface area contributed by atoms with E-state index in [1.165, 1.54) is 0 Å². The molecule has 4 nitrogen and oxygen atoms in total. The van der Waals surface area contributed by atoms with Crippen LogP contribution in [0.2, 0.25) is 5.02 Å². The second-order valence-corrected chi connectivity index (χ2v) is 5.61. The van der Waals surface area contributed by atoms with Crippen LogP contribution in [0.4, 0.5) is 5.69 Å². The number of nitrogens with one attached hydrogen (secondary N) is 1. The van der Waals surface area contributed by atoms with Crippen molar-refractivity contribution in [1.82, 2.24) is 4.98 Å². The largest absolute Gasteiger partial charge is 0.393 e. The molecular weight excluding hydrogens is 306 g/mol. The van der Waals surface area contributed by atoms with Gasteiger partial charge in [0.05, 0.1) is 27.1 Å². The molecule has 0 bridgehead atoms. The summed E-state index contributed by atoms with van der Waals surface area (Å²) in [6.07, 6.45) is 3.11. The fourth-order valence-corrected chi connectivity index (χ4v) is 2.59. The van der Waals surface area contributed by atoms with Gasteiger partial charge in [-0.2, -0.15) is 0 Å². The predicted molar refractivity (Wildman–Crippen MR) is 90.6 cm³/mol. The fourth-order valence-electron chi connectivity index (χ4n) is 2.15. The molecule has 110 valence electrons. The number of fused-ring (bicyclic) bond motifs is 1. The van der Waals surface area contributed by atoms with Gasteiger partial charge in [-0.15, -0.1) is 0 Å². The number of carbonyl (C=O) groups excluding carboxylic acids is 1. The molecule has 1 aromatic heterocycles. The molecule has 1 aromatic carbocycles. The molecule has 2 rings (SSSR count). The number of hydrogen-bond acceptors (Lipinski definition) is 3. The summed E-state index contributed by atoms with van der Waals surface area (Å²) in [5, 5.41) is 4.23. The Kier molecular flexibility index (Phi) is 5.09. The molecule has 1 unspecified atom stereocenters. The van der Waals surface area contributed by atoms with Gasteiger partial charge in [-0.25, -0.2) is 0 Å². The van der Waals surface area contributed by atoms with Gasteiger partial charge in [-0.3, -0.25) is 9.78 Å². The van der Waals surface area contributed by atoms with E-state index < -0.39 is 5.92 Å². The van der Waals surface area contributed by atoms with E-state index in [-0.39, 0.29) is 10.9 Å². The molecule has 0 aliphatic heterocycles. The van der Waals surface area contributed by atoms with Crippen LogP contribution in [-0.4, -0.2) is 15.9 Å². The Hall–Kier alpha value is -1.72. The lowest BCUT2D eigenvalue weighted by Crippen LogP contribution is -2.33. The van der Waals surface area contributed by atoms with Crippen LogP contribution in [-0.2, 0) is 4.79 Å². The molecule has 1 heterocycles. The Morgan fingerprint density at radius 1 is 1.48 bits per heavy atom. The molecular formula is C15H16ClN3OS. The minimum Gasteiger partial charge on any atom is -0.393 e. The van der Waals surface area contributed by atoms with E-state index in [1.54, 1.807) is 24.4 Å². The summed E-state index contributed by atoms with van der Waals surface area (Å²) < 4.78 is 0. The van der Waals surface area contributed by atoms with Gasteiger partial charge < -0.3 is 11.1 Å². The minimum absolute atomic E-state index is 0.209. The standard InChI is InChI=1S/C15H16ClN3OS/c1-2-4-10(14(17)21)15(20)19-12-7-6-11(16)9-5-3-8-18-13(9)12/h3,5-8,10H,2,4H2,1H3,(H2,17,21)(H,19,20). The maximum Gasteiger partial charge on any atom is 0.234 e. The summed E-state index contributed by atoms with van der Waals surface area (Å²) in [6.45, 7) is 1.98. The number of rotatable bonds is 5. The lowest BCUT2D eigenvalue weighted by Gasteiger charge is -2.15. The Morgan fingerprint density at radius 3 is 2.90 bits per heavy atom. The average molecular weight is 322 g/mol. The first-order valence-electron chi connectivity index (χ1n) is 6.68. The summed E-state index contributed by atoms with van der Waals surface area (Å²) >= 11 is 11.1. The van der Waals surface area contributed by atoms with Crippen molar-refractivity contribution < 1.29 is 4.79 Å². The lowest BCUT2D eigenvalue weighted by molar-refractivity contribution is -0.118. The smallest absolute Gasteiger partial charge is 0.234 e. The van der Waals surface area contributed by atoms with Crippen molar-refractivity contribution in [3.05, 3.63) is 35.5 Å². The van der Waals surface area contributed by atoms with Gasteiger partial charge in [0.2, 0.25) is 5.91 Å². The number of amides is 1. The Bertz CT molecular complexity index is 690. The topological polar surface area (TPSA) is 68.0 Å². The zero-order chi connectivity index (χ0) is 15.4. The second kappa shape index (κ2) is 6.83. The van der Waals surface area contributed by atoms with E-state index in [4.69, 9.17) is 29.6 Å². The minimum atomic E-state index is -0.473. The molecule has 6 heteroatoms. The molecule has 1 amide bonds. The van der Waals surface area contributed by atoms with Gasteiger partial charge in [-0.1, -0.05) is 37.2 Å². The SMILES string of the molecule is CCCC(C(=O)Nc1ccc(Cl)c2cccnc12)C(N)=S. The number of nitrogens with zero attached hydrogens (tertiary/aromatic N) is 1. The molecule has 2 aromatic rings. The van der Waals surface area contributed by atoms with Crippen molar-refractivity contribution in [3.8, 4) is 0 Å². The molecule has 0 aliphatic rings.